The van der Waals surface area contributed by atoms with E-state index >= 15 is 0 Å². The highest BCUT2D eigenvalue weighted by molar-refractivity contribution is 5.13. The van der Waals surface area contributed by atoms with E-state index in [1.807, 2.05) is 6.92 Å². The lowest BCUT2D eigenvalue weighted by Crippen LogP contribution is -2.61. The molecule has 1 aliphatic rings. The second-order valence-electron chi connectivity index (χ2n) is 8.07. The summed E-state index contributed by atoms with van der Waals surface area (Å²) in [6.45, 7) is 7.66. The van der Waals surface area contributed by atoms with Gasteiger partial charge in [-0.15, -0.1) is 0 Å². The van der Waals surface area contributed by atoms with E-state index < -0.39 is 5.60 Å². The van der Waals surface area contributed by atoms with Crippen LogP contribution in [0.15, 0.2) is 30.3 Å². The van der Waals surface area contributed by atoms with E-state index in [0.717, 1.165) is 36.2 Å². The van der Waals surface area contributed by atoms with Crippen molar-refractivity contribution in [3.05, 3.63) is 35.9 Å². The first-order chi connectivity index (χ1) is 9.72. The molecule has 0 amide bonds. The highest BCUT2D eigenvalue weighted by atomic mass is 16.3. The fourth-order valence-electron chi connectivity index (χ4n) is 4.11. The molecule has 1 saturated carbocycles. The third-order valence-electron chi connectivity index (χ3n) is 5.48. The zero-order valence-electron chi connectivity index (χ0n) is 14.3. The summed E-state index contributed by atoms with van der Waals surface area (Å²) in [5.74, 6) is 1.45. The molecular weight excluding hydrogens is 258 g/mol. The van der Waals surface area contributed by atoms with Crippen LogP contribution in [-0.4, -0.2) is 35.3 Å². The standard InChI is InChI=1S/C19H32NO/c1-15(2)17-11-12-19(3,21)18(13-17)20(4,5)14-16-9-7-6-8-10-16/h6-10,15,17-18,21H,11-14H2,1-5H3/q+1. The van der Waals surface area contributed by atoms with Crippen molar-refractivity contribution in [2.75, 3.05) is 14.1 Å². The van der Waals surface area contributed by atoms with Crippen LogP contribution in [0.2, 0.25) is 0 Å². The van der Waals surface area contributed by atoms with Gasteiger partial charge in [0.15, 0.2) is 0 Å². The first-order valence-corrected chi connectivity index (χ1v) is 8.31. The summed E-state index contributed by atoms with van der Waals surface area (Å²) in [6, 6.07) is 11.0. The highest BCUT2D eigenvalue weighted by Crippen LogP contribution is 2.40. The molecule has 0 spiro atoms. The van der Waals surface area contributed by atoms with Gasteiger partial charge in [-0.2, -0.15) is 0 Å². The van der Waals surface area contributed by atoms with Gasteiger partial charge in [-0.3, -0.25) is 0 Å². The van der Waals surface area contributed by atoms with Crippen LogP contribution in [0.4, 0.5) is 0 Å². The van der Waals surface area contributed by atoms with Gasteiger partial charge in [0.05, 0.1) is 14.1 Å². The predicted octanol–water partition coefficient (Wildman–Crippen LogP) is 3.84. The van der Waals surface area contributed by atoms with Crippen molar-refractivity contribution in [1.82, 2.24) is 0 Å². The predicted molar refractivity (Wildman–Crippen MR) is 88.8 cm³/mol. The van der Waals surface area contributed by atoms with Crippen molar-refractivity contribution in [2.24, 2.45) is 11.8 Å². The Balaban J connectivity index is 2.18. The minimum Gasteiger partial charge on any atom is -0.384 e. The third kappa shape index (κ3) is 3.87. The second kappa shape index (κ2) is 6.10. The van der Waals surface area contributed by atoms with E-state index in [1.54, 1.807) is 0 Å². The maximum Gasteiger partial charge on any atom is 0.118 e. The monoisotopic (exact) mass is 290 g/mol. The van der Waals surface area contributed by atoms with Gasteiger partial charge in [-0.1, -0.05) is 44.2 Å². The number of rotatable bonds is 4. The second-order valence-corrected chi connectivity index (χ2v) is 8.07. The summed E-state index contributed by atoms with van der Waals surface area (Å²) in [4.78, 5) is 0. The first-order valence-electron chi connectivity index (χ1n) is 8.31. The fourth-order valence-corrected chi connectivity index (χ4v) is 4.11. The van der Waals surface area contributed by atoms with Crippen molar-refractivity contribution in [3.63, 3.8) is 0 Å². The topological polar surface area (TPSA) is 20.2 Å². The smallest absolute Gasteiger partial charge is 0.118 e. The van der Waals surface area contributed by atoms with Crippen LogP contribution in [0.1, 0.15) is 45.6 Å². The number of hydrogen-bond donors (Lipinski definition) is 1. The third-order valence-corrected chi connectivity index (χ3v) is 5.48. The number of nitrogens with zero attached hydrogens (tertiary/aromatic N) is 1. The van der Waals surface area contributed by atoms with Gasteiger partial charge in [0.1, 0.15) is 18.2 Å². The Morgan fingerprint density at radius 3 is 2.43 bits per heavy atom. The van der Waals surface area contributed by atoms with E-state index in [4.69, 9.17) is 0 Å². The molecule has 0 bridgehead atoms. The molecule has 0 radical (unpaired) electrons. The zero-order valence-corrected chi connectivity index (χ0v) is 14.3. The molecular formula is C19H32NO+. The minimum atomic E-state index is -0.552. The molecule has 1 N–H and O–H groups in total. The Kier molecular flexibility index (Phi) is 4.79. The van der Waals surface area contributed by atoms with Crippen molar-refractivity contribution in [1.29, 1.82) is 0 Å². The van der Waals surface area contributed by atoms with E-state index in [0.29, 0.717) is 12.0 Å². The molecule has 0 aliphatic heterocycles. The Morgan fingerprint density at radius 2 is 1.86 bits per heavy atom. The normalized spacial score (nSPS) is 30.6. The minimum absolute atomic E-state index is 0.304. The molecule has 3 unspecified atom stereocenters. The van der Waals surface area contributed by atoms with Gasteiger partial charge in [0.2, 0.25) is 0 Å². The lowest BCUT2D eigenvalue weighted by molar-refractivity contribution is -0.936. The van der Waals surface area contributed by atoms with Crippen molar-refractivity contribution < 1.29 is 9.59 Å². The molecule has 1 aromatic rings. The Bertz CT molecular complexity index is 450. The van der Waals surface area contributed by atoms with E-state index in [1.165, 1.54) is 5.56 Å². The average molecular weight is 290 g/mol. The van der Waals surface area contributed by atoms with E-state index in [2.05, 4.69) is 58.3 Å². The number of benzene rings is 1. The Labute approximate surface area is 130 Å². The molecule has 1 aromatic carbocycles. The lowest BCUT2D eigenvalue weighted by Gasteiger charge is -2.50. The van der Waals surface area contributed by atoms with Crippen LogP contribution in [0, 0.1) is 11.8 Å². The van der Waals surface area contributed by atoms with Crippen LogP contribution in [0.5, 0.6) is 0 Å². The van der Waals surface area contributed by atoms with E-state index in [-0.39, 0.29) is 0 Å². The van der Waals surface area contributed by atoms with Crippen molar-refractivity contribution in [2.45, 2.75) is 58.2 Å². The molecule has 118 valence electrons. The summed E-state index contributed by atoms with van der Waals surface area (Å²) >= 11 is 0. The van der Waals surface area contributed by atoms with Crippen LogP contribution >= 0.6 is 0 Å². The molecule has 3 atom stereocenters. The summed E-state index contributed by atoms with van der Waals surface area (Å²) in [5.41, 5.74) is 0.800. The maximum absolute atomic E-state index is 10.9. The van der Waals surface area contributed by atoms with Gasteiger partial charge < -0.3 is 9.59 Å². The molecule has 0 aromatic heterocycles. The summed E-state index contributed by atoms with van der Waals surface area (Å²) in [7, 11) is 4.55. The molecule has 1 aliphatic carbocycles. The Morgan fingerprint density at radius 1 is 1.24 bits per heavy atom. The Hall–Kier alpha value is -0.860. The van der Waals surface area contributed by atoms with Gasteiger partial charge in [0, 0.05) is 12.0 Å². The quantitative estimate of drug-likeness (QED) is 0.835. The summed E-state index contributed by atoms with van der Waals surface area (Å²) in [5, 5.41) is 10.9. The molecule has 21 heavy (non-hydrogen) atoms. The molecule has 2 rings (SSSR count). The number of aliphatic hydroxyl groups is 1. The first kappa shape index (κ1) is 16.5. The number of hydrogen-bond acceptors (Lipinski definition) is 1. The molecule has 1 fully saturated rings. The largest absolute Gasteiger partial charge is 0.384 e. The van der Waals surface area contributed by atoms with Crippen LogP contribution in [-0.2, 0) is 6.54 Å². The van der Waals surface area contributed by atoms with Gasteiger partial charge >= 0.3 is 0 Å². The summed E-state index contributed by atoms with van der Waals surface area (Å²) in [6.07, 6.45) is 3.22. The molecule has 2 heteroatoms. The van der Waals surface area contributed by atoms with Crippen molar-refractivity contribution >= 4 is 0 Å². The summed E-state index contributed by atoms with van der Waals surface area (Å²) < 4.78 is 0.861. The van der Waals surface area contributed by atoms with Gasteiger partial charge in [-0.05, 0) is 31.6 Å². The van der Waals surface area contributed by atoms with Gasteiger partial charge in [0.25, 0.3) is 0 Å². The van der Waals surface area contributed by atoms with Crippen LogP contribution < -0.4 is 0 Å². The zero-order chi connectivity index (χ0) is 15.7. The number of quaternary nitrogens is 1. The van der Waals surface area contributed by atoms with Crippen LogP contribution in [0.3, 0.4) is 0 Å². The number of likely N-dealkylation sites (N-methyl/N-ethyl adjacent to an activating group) is 1. The van der Waals surface area contributed by atoms with Crippen molar-refractivity contribution in [3.8, 4) is 0 Å². The van der Waals surface area contributed by atoms with Crippen LogP contribution in [0.25, 0.3) is 0 Å². The average Bonchev–Trinajstić information content (AvgIpc) is 2.38. The maximum atomic E-state index is 10.9. The lowest BCUT2D eigenvalue weighted by atomic mass is 9.71. The molecule has 0 heterocycles. The van der Waals surface area contributed by atoms with E-state index in [9.17, 15) is 5.11 Å². The fraction of sp³-hybridized carbons (Fsp3) is 0.684. The van der Waals surface area contributed by atoms with Gasteiger partial charge in [-0.25, -0.2) is 0 Å². The molecule has 0 saturated heterocycles. The molecule has 2 nitrogen and oxygen atoms in total. The highest BCUT2D eigenvalue weighted by Gasteiger charge is 2.47. The SMILES string of the molecule is CC(C)C1CCC(C)(O)C([N+](C)(C)Cc2ccccc2)C1.